The standard InChI is InChI=1S/C11H13NO2S/c13-15(14)7-6-10(9-15)8-12-11-4-2-1-3-5-11/h1-6,12H,7-9H2. The largest absolute Gasteiger partial charge is 0.381 e. The first-order valence-electron chi connectivity index (χ1n) is 4.83. The molecule has 0 saturated carbocycles. The van der Waals surface area contributed by atoms with Gasteiger partial charge in [-0.1, -0.05) is 24.3 Å². The van der Waals surface area contributed by atoms with Gasteiger partial charge in [0.1, 0.15) is 0 Å². The van der Waals surface area contributed by atoms with E-state index < -0.39 is 9.84 Å². The van der Waals surface area contributed by atoms with E-state index in [2.05, 4.69) is 5.32 Å². The zero-order valence-electron chi connectivity index (χ0n) is 8.31. The summed E-state index contributed by atoms with van der Waals surface area (Å²) in [5.74, 6) is 0.394. The smallest absolute Gasteiger partial charge is 0.157 e. The highest BCUT2D eigenvalue weighted by Crippen LogP contribution is 2.13. The molecule has 0 radical (unpaired) electrons. The van der Waals surface area contributed by atoms with Crippen molar-refractivity contribution >= 4 is 15.5 Å². The summed E-state index contributed by atoms with van der Waals surface area (Å²) in [5, 5.41) is 3.19. The Balaban J connectivity index is 1.91. The number of hydrogen-bond donors (Lipinski definition) is 1. The molecule has 0 aromatic heterocycles. The van der Waals surface area contributed by atoms with Crippen molar-refractivity contribution in [2.75, 3.05) is 23.4 Å². The lowest BCUT2D eigenvalue weighted by Gasteiger charge is -2.05. The van der Waals surface area contributed by atoms with Crippen LogP contribution in [0.3, 0.4) is 0 Å². The van der Waals surface area contributed by atoms with Crippen LogP contribution in [0.1, 0.15) is 0 Å². The van der Waals surface area contributed by atoms with Gasteiger partial charge >= 0.3 is 0 Å². The van der Waals surface area contributed by atoms with Crippen molar-refractivity contribution < 1.29 is 8.42 Å². The van der Waals surface area contributed by atoms with Crippen LogP contribution in [0.15, 0.2) is 42.0 Å². The maximum atomic E-state index is 11.2. The van der Waals surface area contributed by atoms with Crippen molar-refractivity contribution in [1.82, 2.24) is 0 Å². The van der Waals surface area contributed by atoms with E-state index in [0.717, 1.165) is 11.3 Å². The Bertz CT molecular complexity index is 463. The molecule has 15 heavy (non-hydrogen) atoms. The molecule has 0 unspecified atom stereocenters. The molecular weight excluding hydrogens is 210 g/mol. The second-order valence-electron chi connectivity index (χ2n) is 3.64. The van der Waals surface area contributed by atoms with Crippen LogP contribution in [0.4, 0.5) is 5.69 Å². The van der Waals surface area contributed by atoms with Gasteiger partial charge in [-0.05, 0) is 17.7 Å². The highest BCUT2D eigenvalue weighted by atomic mass is 32.2. The first-order chi connectivity index (χ1) is 7.16. The van der Waals surface area contributed by atoms with Crippen LogP contribution >= 0.6 is 0 Å². The topological polar surface area (TPSA) is 46.2 Å². The van der Waals surface area contributed by atoms with E-state index in [9.17, 15) is 8.42 Å². The molecule has 3 nitrogen and oxygen atoms in total. The Hall–Kier alpha value is -1.29. The summed E-state index contributed by atoms with van der Waals surface area (Å²) in [6, 6.07) is 9.77. The second-order valence-corrected chi connectivity index (χ2v) is 5.75. The van der Waals surface area contributed by atoms with Crippen LogP contribution in [-0.2, 0) is 9.84 Å². The summed E-state index contributed by atoms with van der Waals surface area (Å²) in [7, 11) is -2.83. The van der Waals surface area contributed by atoms with Gasteiger partial charge in [0.05, 0.1) is 11.5 Å². The fourth-order valence-corrected chi connectivity index (χ4v) is 2.93. The number of anilines is 1. The van der Waals surface area contributed by atoms with Crippen LogP contribution in [0.2, 0.25) is 0 Å². The SMILES string of the molecule is O=S1(=O)CC=C(CNc2ccccc2)C1. The molecule has 0 amide bonds. The molecule has 0 saturated heterocycles. The van der Waals surface area contributed by atoms with E-state index in [1.54, 1.807) is 6.08 Å². The Kier molecular flexibility index (Phi) is 2.77. The van der Waals surface area contributed by atoms with E-state index >= 15 is 0 Å². The minimum atomic E-state index is -2.83. The molecule has 1 aromatic rings. The van der Waals surface area contributed by atoms with Crippen molar-refractivity contribution in [2.45, 2.75) is 0 Å². The van der Waals surface area contributed by atoms with Crippen molar-refractivity contribution in [1.29, 1.82) is 0 Å². The molecule has 1 N–H and O–H groups in total. The predicted octanol–water partition coefficient (Wildman–Crippen LogP) is 1.45. The van der Waals surface area contributed by atoms with Crippen LogP contribution in [-0.4, -0.2) is 26.5 Å². The zero-order chi connectivity index (χ0) is 10.7. The first-order valence-corrected chi connectivity index (χ1v) is 6.65. The molecule has 1 heterocycles. The molecule has 0 spiro atoms. The van der Waals surface area contributed by atoms with E-state index in [1.165, 1.54) is 0 Å². The Morgan fingerprint density at radius 1 is 1.20 bits per heavy atom. The van der Waals surface area contributed by atoms with Crippen molar-refractivity contribution in [3.63, 3.8) is 0 Å². The molecule has 80 valence electrons. The summed E-state index contributed by atoms with van der Waals surface area (Å²) in [5.41, 5.74) is 1.97. The van der Waals surface area contributed by atoms with Gasteiger partial charge in [0.15, 0.2) is 9.84 Å². The van der Waals surface area contributed by atoms with Crippen LogP contribution < -0.4 is 5.32 Å². The highest BCUT2D eigenvalue weighted by Gasteiger charge is 2.18. The lowest BCUT2D eigenvalue weighted by atomic mass is 10.2. The van der Waals surface area contributed by atoms with E-state index in [4.69, 9.17) is 0 Å². The lowest BCUT2D eigenvalue weighted by Crippen LogP contribution is -2.09. The van der Waals surface area contributed by atoms with E-state index in [1.807, 2.05) is 30.3 Å². The van der Waals surface area contributed by atoms with Gasteiger partial charge in [0, 0.05) is 12.2 Å². The molecular formula is C11H13NO2S. The fraction of sp³-hybridized carbons (Fsp3) is 0.273. The molecule has 0 aliphatic carbocycles. The quantitative estimate of drug-likeness (QED) is 0.789. The predicted molar refractivity (Wildman–Crippen MR) is 61.7 cm³/mol. The lowest BCUT2D eigenvalue weighted by molar-refractivity contribution is 0.603. The molecule has 2 rings (SSSR count). The summed E-state index contributed by atoms with van der Waals surface area (Å²) < 4.78 is 22.3. The van der Waals surface area contributed by atoms with Crippen LogP contribution in [0, 0.1) is 0 Å². The second kappa shape index (κ2) is 4.06. The molecule has 0 bridgehead atoms. The third-order valence-corrected chi connectivity index (χ3v) is 3.81. The fourth-order valence-electron chi connectivity index (χ4n) is 1.54. The Morgan fingerprint density at radius 2 is 1.93 bits per heavy atom. The number of para-hydroxylation sites is 1. The number of sulfone groups is 1. The Morgan fingerprint density at radius 3 is 2.53 bits per heavy atom. The maximum absolute atomic E-state index is 11.2. The van der Waals surface area contributed by atoms with Gasteiger partial charge in [0.2, 0.25) is 0 Å². The average molecular weight is 223 g/mol. The molecule has 0 atom stereocenters. The molecule has 1 aliphatic rings. The molecule has 1 aliphatic heterocycles. The van der Waals surface area contributed by atoms with E-state index in [-0.39, 0.29) is 11.5 Å². The van der Waals surface area contributed by atoms with Crippen molar-refractivity contribution in [2.24, 2.45) is 0 Å². The Labute approximate surface area is 89.7 Å². The van der Waals surface area contributed by atoms with Crippen molar-refractivity contribution in [3.05, 3.63) is 42.0 Å². The minimum Gasteiger partial charge on any atom is -0.381 e. The first kappa shape index (κ1) is 10.2. The molecule has 0 fully saturated rings. The maximum Gasteiger partial charge on any atom is 0.157 e. The number of hydrogen-bond acceptors (Lipinski definition) is 3. The third-order valence-electron chi connectivity index (χ3n) is 2.32. The summed E-state index contributed by atoms with van der Waals surface area (Å²) >= 11 is 0. The summed E-state index contributed by atoms with van der Waals surface area (Å²) in [6.07, 6.45) is 1.80. The number of rotatable bonds is 3. The van der Waals surface area contributed by atoms with Crippen molar-refractivity contribution in [3.8, 4) is 0 Å². The molecule has 4 heteroatoms. The monoisotopic (exact) mass is 223 g/mol. The number of benzene rings is 1. The summed E-state index contributed by atoms with van der Waals surface area (Å²) in [4.78, 5) is 0. The van der Waals surface area contributed by atoms with Gasteiger partial charge in [-0.15, -0.1) is 0 Å². The van der Waals surface area contributed by atoms with Gasteiger partial charge in [0.25, 0.3) is 0 Å². The highest BCUT2D eigenvalue weighted by molar-refractivity contribution is 7.92. The van der Waals surface area contributed by atoms with Crippen LogP contribution in [0.25, 0.3) is 0 Å². The van der Waals surface area contributed by atoms with Gasteiger partial charge in [-0.2, -0.15) is 0 Å². The summed E-state index contributed by atoms with van der Waals surface area (Å²) in [6.45, 7) is 0.614. The normalized spacial score (nSPS) is 18.5. The van der Waals surface area contributed by atoms with E-state index in [0.29, 0.717) is 6.54 Å². The zero-order valence-corrected chi connectivity index (χ0v) is 9.13. The number of nitrogens with one attached hydrogen (secondary N) is 1. The van der Waals surface area contributed by atoms with Gasteiger partial charge in [-0.3, -0.25) is 0 Å². The van der Waals surface area contributed by atoms with Gasteiger partial charge in [-0.25, -0.2) is 8.42 Å². The third kappa shape index (κ3) is 2.83. The molecule has 1 aromatic carbocycles. The minimum absolute atomic E-state index is 0.193. The van der Waals surface area contributed by atoms with Gasteiger partial charge < -0.3 is 5.32 Å². The van der Waals surface area contributed by atoms with Crippen LogP contribution in [0.5, 0.6) is 0 Å². The average Bonchev–Trinajstić information content (AvgIpc) is 2.57.